The number of hydrogen-bond acceptors (Lipinski definition) is 4. The van der Waals surface area contributed by atoms with Crippen molar-refractivity contribution in [1.82, 2.24) is 5.32 Å². The molecule has 1 rings (SSSR count). The minimum Gasteiger partial charge on any atom is -0.497 e. The summed E-state index contributed by atoms with van der Waals surface area (Å²) in [5.74, 6) is -0.187. The van der Waals surface area contributed by atoms with Gasteiger partial charge in [-0.25, -0.2) is 4.79 Å². The highest BCUT2D eigenvalue weighted by molar-refractivity contribution is 5.91. The summed E-state index contributed by atoms with van der Waals surface area (Å²) in [4.78, 5) is 22.9. The Balaban J connectivity index is 2.47. The van der Waals surface area contributed by atoms with Crippen molar-refractivity contribution in [3.05, 3.63) is 29.8 Å². The van der Waals surface area contributed by atoms with E-state index in [0.717, 1.165) is 0 Å². The lowest BCUT2D eigenvalue weighted by molar-refractivity contribution is -0.124. The predicted octanol–water partition coefficient (Wildman–Crippen LogP) is 1.38. The summed E-state index contributed by atoms with van der Waals surface area (Å²) in [5.41, 5.74) is 0.383. The highest BCUT2D eigenvalue weighted by Gasteiger charge is 2.10. The number of esters is 1. The van der Waals surface area contributed by atoms with E-state index in [1.165, 1.54) is 0 Å². The lowest BCUT2D eigenvalue weighted by atomic mass is 10.2. The molecule has 1 N–H and O–H groups in total. The minimum atomic E-state index is -0.531. The van der Waals surface area contributed by atoms with Gasteiger partial charge in [-0.2, -0.15) is 0 Å². The molecular formula is C13H17NO4. The molecule has 0 saturated carbocycles. The molecule has 0 aliphatic rings. The van der Waals surface area contributed by atoms with Gasteiger partial charge in [0.05, 0.1) is 12.7 Å². The number of ether oxygens (including phenoxy) is 2. The van der Waals surface area contributed by atoms with E-state index in [-0.39, 0.29) is 18.6 Å². The van der Waals surface area contributed by atoms with E-state index >= 15 is 0 Å². The molecule has 0 radical (unpaired) electrons. The molecule has 98 valence electrons. The molecule has 0 aliphatic heterocycles. The molecule has 0 saturated heterocycles. The lowest BCUT2D eigenvalue weighted by Gasteiger charge is -2.09. The highest BCUT2D eigenvalue weighted by Crippen LogP contribution is 2.11. The maximum Gasteiger partial charge on any atom is 0.338 e. The topological polar surface area (TPSA) is 64.6 Å². The molecule has 0 atom stereocenters. The summed E-state index contributed by atoms with van der Waals surface area (Å²) in [7, 11) is 1.55. The van der Waals surface area contributed by atoms with Crippen LogP contribution in [0.15, 0.2) is 24.3 Å². The van der Waals surface area contributed by atoms with Crippen LogP contribution in [0.4, 0.5) is 0 Å². The lowest BCUT2D eigenvalue weighted by Crippen LogP contribution is -2.33. The van der Waals surface area contributed by atoms with E-state index in [9.17, 15) is 9.59 Å². The van der Waals surface area contributed by atoms with Gasteiger partial charge in [-0.15, -0.1) is 0 Å². The summed E-state index contributed by atoms with van der Waals surface area (Å²) >= 11 is 0. The number of nitrogens with one attached hydrogen (secondary N) is 1. The van der Waals surface area contributed by atoms with Crippen LogP contribution in [0.3, 0.4) is 0 Å². The van der Waals surface area contributed by atoms with Gasteiger partial charge in [0.15, 0.2) is 6.61 Å². The number of rotatable bonds is 5. The maximum absolute atomic E-state index is 11.6. The van der Waals surface area contributed by atoms with Crippen molar-refractivity contribution in [2.24, 2.45) is 0 Å². The Kier molecular flexibility index (Phi) is 5.17. The first kappa shape index (κ1) is 14.0. The summed E-state index contributed by atoms with van der Waals surface area (Å²) in [6.07, 6.45) is 0. The minimum absolute atomic E-state index is 0.0252. The fraction of sp³-hybridized carbons (Fsp3) is 0.385. The predicted molar refractivity (Wildman–Crippen MR) is 66.6 cm³/mol. The number of methoxy groups -OCH3 is 1. The highest BCUT2D eigenvalue weighted by atomic mass is 16.5. The summed E-state index contributed by atoms with van der Waals surface area (Å²) in [6.45, 7) is 3.40. The second-order valence-corrected chi connectivity index (χ2v) is 4.03. The van der Waals surface area contributed by atoms with Gasteiger partial charge in [-0.1, -0.05) is 0 Å². The summed E-state index contributed by atoms with van der Waals surface area (Å²) < 4.78 is 9.85. The molecular weight excluding hydrogens is 234 g/mol. The van der Waals surface area contributed by atoms with Crippen LogP contribution in [0.25, 0.3) is 0 Å². The average Bonchev–Trinajstić information content (AvgIpc) is 2.35. The van der Waals surface area contributed by atoms with Crippen LogP contribution in [0.1, 0.15) is 24.2 Å². The van der Waals surface area contributed by atoms with Crippen LogP contribution >= 0.6 is 0 Å². The molecule has 0 aromatic heterocycles. The van der Waals surface area contributed by atoms with Gasteiger partial charge in [-0.3, -0.25) is 4.79 Å². The molecule has 0 aliphatic carbocycles. The number of benzene rings is 1. The quantitative estimate of drug-likeness (QED) is 0.803. The Morgan fingerprint density at radius 2 is 1.83 bits per heavy atom. The van der Waals surface area contributed by atoms with Gasteiger partial charge >= 0.3 is 5.97 Å². The summed E-state index contributed by atoms with van der Waals surface area (Å²) in [5, 5.41) is 2.63. The normalized spacial score (nSPS) is 10.0. The van der Waals surface area contributed by atoms with Crippen molar-refractivity contribution in [3.8, 4) is 5.75 Å². The van der Waals surface area contributed by atoms with Crippen molar-refractivity contribution in [3.63, 3.8) is 0 Å². The van der Waals surface area contributed by atoms with Crippen LogP contribution < -0.4 is 10.1 Å². The molecule has 18 heavy (non-hydrogen) atoms. The number of hydrogen-bond donors (Lipinski definition) is 1. The number of carbonyl (C=O) groups excluding carboxylic acids is 2. The standard InChI is InChI=1S/C13H17NO4/c1-9(2)14-12(15)8-18-13(16)10-4-6-11(17-3)7-5-10/h4-7,9H,8H2,1-3H3,(H,14,15). The molecule has 0 bridgehead atoms. The van der Waals surface area contributed by atoms with Gasteiger partial charge in [0.1, 0.15) is 5.75 Å². The van der Waals surface area contributed by atoms with Gasteiger partial charge < -0.3 is 14.8 Å². The first-order chi connectivity index (χ1) is 8.52. The third kappa shape index (κ3) is 4.45. The van der Waals surface area contributed by atoms with E-state index < -0.39 is 5.97 Å². The van der Waals surface area contributed by atoms with E-state index in [2.05, 4.69) is 5.32 Å². The second-order valence-electron chi connectivity index (χ2n) is 4.03. The van der Waals surface area contributed by atoms with E-state index in [0.29, 0.717) is 11.3 Å². The van der Waals surface area contributed by atoms with Gasteiger partial charge in [0, 0.05) is 6.04 Å². The van der Waals surface area contributed by atoms with Gasteiger partial charge in [0.25, 0.3) is 5.91 Å². The number of amides is 1. The second kappa shape index (κ2) is 6.64. The zero-order valence-electron chi connectivity index (χ0n) is 10.7. The van der Waals surface area contributed by atoms with Crippen molar-refractivity contribution < 1.29 is 19.1 Å². The molecule has 5 heteroatoms. The Morgan fingerprint density at radius 3 is 2.33 bits per heavy atom. The number of carbonyl (C=O) groups is 2. The Morgan fingerprint density at radius 1 is 1.22 bits per heavy atom. The molecule has 1 aromatic rings. The molecule has 5 nitrogen and oxygen atoms in total. The van der Waals surface area contributed by atoms with Crippen molar-refractivity contribution in [2.45, 2.75) is 19.9 Å². The van der Waals surface area contributed by atoms with E-state index in [4.69, 9.17) is 9.47 Å². The Hall–Kier alpha value is -2.04. The Bertz CT molecular complexity index is 412. The van der Waals surface area contributed by atoms with Gasteiger partial charge in [0.2, 0.25) is 0 Å². The zero-order valence-corrected chi connectivity index (χ0v) is 10.7. The van der Waals surface area contributed by atoms with Gasteiger partial charge in [-0.05, 0) is 38.1 Å². The zero-order chi connectivity index (χ0) is 13.5. The fourth-order valence-electron chi connectivity index (χ4n) is 1.31. The third-order valence-corrected chi connectivity index (χ3v) is 2.11. The maximum atomic E-state index is 11.6. The molecule has 1 aromatic carbocycles. The van der Waals surface area contributed by atoms with Crippen molar-refractivity contribution in [2.75, 3.05) is 13.7 Å². The van der Waals surface area contributed by atoms with E-state index in [1.807, 2.05) is 13.8 Å². The molecule has 0 unspecified atom stereocenters. The van der Waals surface area contributed by atoms with E-state index in [1.54, 1.807) is 31.4 Å². The van der Waals surface area contributed by atoms with Crippen LogP contribution in [0.5, 0.6) is 5.75 Å². The summed E-state index contributed by atoms with van der Waals surface area (Å²) in [6, 6.07) is 6.51. The fourth-order valence-corrected chi connectivity index (χ4v) is 1.31. The largest absolute Gasteiger partial charge is 0.497 e. The monoisotopic (exact) mass is 251 g/mol. The Labute approximate surface area is 106 Å². The van der Waals surface area contributed by atoms with Crippen LogP contribution in [-0.4, -0.2) is 31.6 Å². The van der Waals surface area contributed by atoms with Crippen LogP contribution in [-0.2, 0) is 9.53 Å². The molecule has 0 heterocycles. The van der Waals surface area contributed by atoms with Crippen LogP contribution in [0.2, 0.25) is 0 Å². The first-order valence-electron chi connectivity index (χ1n) is 5.63. The molecule has 1 amide bonds. The smallest absolute Gasteiger partial charge is 0.338 e. The SMILES string of the molecule is COc1ccc(C(=O)OCC(=O)NC(C)C)cc1. The average molecular weight is 251 g/mol. The first-order valence-corrected chi connectivity index (χ1v) is 5.63. The van der Waals surface area contributed by atoms with Crippen molar-refractivity contribution in [1.29, 1.82) is 0 Å². The van der Waals surface area contributed by atoms with Crippen LogP contribution in [0, 0.1) is 0 Å². The molecule has 0 spiro atoms. The molecule has 0 fully saturated rings. The van der Waals surface area contributed by atoms with Crippen molar-refractivity contribution >= 4 is 11.9 Å². The third-order valence-electron chi connectivity index (χ3n) is 2.11.